The Morgan fingerprint density at radius 3 is 2.58 bits per heavy atom. The zero-order chi connectivity index (χ0) is 27.0. The Labute approximate surface area is 223 Å². The van der Waals surface area contributed by atoms with Gasteiger partial charge in [-0.1, -0.05) is 38.2 Å². The maximum absolute atomic E-state index is 14.4. The number of ether oxygens (including phenoxy) is 3. The highest BCUT2D eigenvalue weighted by atomic mass is 16.6. The summed E-state index contributed by atoms with van der Waals surface area (Å²) in [5, 5.41) is 10.4. The van der Waals surface area contributed by atoms with Crippen molar-refractivity contribution in [3.63, 3.8) is 0 Å². The van der Waals surface area contributed by atoms with Crippen LogP contribution in [0.3, 0.4) is 0 Å². The highest BCUT2D eigenvalue weighted by Crippen LogP contribution is 2.54. The lowest BCUT2D eigenvalue weighted by atomic mass is 9.78. The quantitative estimate of drug-likeness (QED) is 0.450. The number of esters is 1. The number of aliphatic hydroxyl groups excluding tert-OH is 1. The minimum absolute atomic E-state index is 0.164. The molecule has 1 unspecified atom stereocenters. The highest BCUT2D eigenvalue weighted by Gasteiger charge is 2.72. The maximum atomic E-state index is 14.4. The predicted octanol–water partition coefficient (Wildman–Crippen LogP) is 2.48. The Hall–Kier alpha value is -3.17. The van der Waals surface area contributed by atoms with Gasteiger partial charge in [-0.3, -0.25) is 14.4 Å². The molecule has 9 heteroatoms. The average Bonchev–Trinajstić information content (AvgIpc) is 3.32. The molecule has 4 heterocycles. The van der Waals surface area contributed by atoms with Crippen molar-refractivity contribution in [2.24, 2.45) is 17.8 Å². The number of rotatable bonds is 6. The van der Waals surface area contributed by atoms with Crippen molar-refractivity contribution < 1.29 is 33.7 Å². The van der Waals surface area contributed by atoms with Crippen LogP contribution in [0.15, 0.2) is 48.6 Å². The van der Waals surface area contributed by atoms with E-state index in [-0.39, 0.29) is 37.5 Å². The van der Waals surface area contributed by atoms with Crippen molar-refractivity contribution >= 4 is 23.5 Å². The first-order chi connectivity index (χ1) is 18.3. The normalized spacial score (nSPS) is 32.5. The SMILES string of the molecule is COc1ccc(N2CC=C[C@]34O[C@H]5/C=C\CCCOC(=O)[C@H]5[C@H]3C(=O)N([C@@H](CO)CC(C)C)C4C2=O)cc1. The molecule has 4 aliphatic rings. The van der Waals surface area contributed by atoms with Gasteiger partial charge in [0.1, 0.15) is 23.3 Å². The minimum atomic E-state index is -1.36. The Bertz CT molecular complexity index is 1130. The van der Waals surface area contributed by atoms with Crippen molar-refractivity contribution in [3.8, 4) is 5.75 Å². The molecule has 0 bridgehead atoms. The fourth-order valence-electron chi connectivity index (χ4n) is 6.40. The van der Waals surface area contributed by atoms with E-state index in [4.69, 9.17) is 14.2 Å². The fourth-order valence-corrected chi connectivity index (χ4v) is 6.40. The summed E-state index contributed by atoms with van der Waals surface area (Å²) >= 11 is 0. The van der Waals surface area contributed by atoms with Crippen LogP contribution in [0.2, 0.25) is 0 Å². The molecular formula is C29H36N2O7. The van der Waals surface area contributed by atoms with Crippen molar-refractivity contribution in [2.45, 2.75) is 56.9 Å². The summed E-state index contributed by atoms with van der Waals surface area (Å²) in [6, 6.07) is 5.50. The zero-order valence-corrected chi connectivity index (χ0v) is 22.1. The van der Waals surface area contributed by atoms with Gasteiger partial charge in [-0.2, -0.15) is 0 Å². The van der Waals surface area contributed by atoms with Gasteiger partial charge < -0.3 is 29.1 Å². The number of hydrogen-bond donors (Lipinski definition) is 1. The van der Waals surface area contributed by atoms with Crippen LogP contribution in [-0.2, 0) is 23.9 Å². The summed E-state index contributed by atoms with van der Waals surface area (Å²) in [5.41, 5.74) is -0.713. The van der Waals surface area contributed by atoms with Crippen molar-refractivity contribution in [1.29, 1.82) is 0 Å². The number of aliphatic hydroxyl groups is 1. The van der Waals surface area contributed by atoms with E-state index in [1.807, 2.05) is 32.1 Å². The third kappa shape index (κ3) is 4.31. The predicted molar refractivity (Wildman–Crippen MR) is 139 cm³/mol. The van der Waals surface area contributed by atoms with Crippen LogP contribution in [0.4, 0.5) is 5.69 Å². The van der Waals surface area contributed by atoms with Gasteiger partial charge in [0.15, 0.2) is 0 Å². The second-order valence-corrected chi connectivity index (χ2v) is 10.8. The molecule has 1 spiro atoms. The molecule has 38 heavy (non-hydrogen) atoms. The molecule has 1 aromatic carbocycles. The van der Waals surface area contributed by atoms with Crippen LogP contribution in [0, 0.1) is 17.8 Å². The first kappa shape index (κ1) is 26.4. The second-order valence-electron chi connectivity index (χ2n) is 10.8. The van der Waals surface area contributed by atoms with Crippen LogP contribution >= 0.6 is 0 Å². The number of carbonyl (C=O) groups is 3. The number of amides is 2. The lowest BCUT2D eigenvalue weighted by Crippen LogP contribution is -2.58. The summed E-state index contributed by atoms with van der Waals surface area (Å²) in [7, 11) is 1.58. The van der Waals surface area contributed by atoms with Crippen molar-refractivity contribution in [1.82, 2.24) is 4.90 Å². The molecule has 5 rings (SSSR count). The molecule has 0 aromatic heterocycles. The summed E-state index contributed by atoms with van der Waals surface area (Å²) in [4.78, 5) is 45.1. The molecule has 4 aliphatic heterocycles. The Kier molecular flexibility index (Phi) is 7.33. The van der Waals surface area contributed by atoms with Gasteiger partial charge >= 0.3 is 5.97 Å². The van der Waals surface area contributed by atoms with Gasteiger partial charge in [0.05, 0.1) is 38.4 Å². The maximum Gasteiger partial charge on any atom is 0.312 e. The zero-order valence-electron chi connectivity index (χ0n) is 22.1. The lowest BCUT2D eigenvalue weighted by molar-refractivity contribution is -0.155. The number of anilines is 1. The molecule has 6 atom stereocenters. The number of hydrogen-bond acceptors (Lipinski definition) is 7. The third-order valence-corrected chi connectivity index (χ3v) is 8.02. The summed E-state index contributed by atoms with van der Waals surface area (Å²) in [5.74, 6) is -2.16. The molecule has 0 radical (unpaired) electrons. The number of likely N-dealkylation sites (tertiary alicyclic amines) is 1. The molecule has 9 nitrogen and oxygen atoms in total. The third-order valence-electron chi connectivity index (χ3n) is 8.02. The smallest absolute Gasteiger partial charge is 0.312 e. The Morgan fingerprint density at radius 1 is 1.13 bits per heavy atom. The molecule has 1 aromatic rings. The molecule has 0 aliphatic carbocycles. The highest BCUT2D eigenvalue weighted by molar-refractivity contribution is 6.05. The Morgan fingerprint density at radius 2 is 1.89 bits per heavy atom. The van der Waals surface area contributed by atoms with Gasteiger partial charge in [0, 0.05) is 12.2 Å². The van der Waals surface area contributed by atoms with Crippen LogP contribution < -0.4 is 9.64 Å². The van der Waals surface area contributed by atoms with E-state index in [9.17, 15) is 19.5 Å². The minimum Gasteiger partial charge on any atom is -0.497 e. The number of benzene rings is 1. The standard InChI is InChI=1S/C29H36N2O7/c1-18(2)16-20(17-32)31-25-27(34)30(19-9-11-21(36-3)12-10-19)14-7-13-29(25)24(26(31)33)23-22(38-29)8-5-4-6-15-37-28(23)35/h5,7-13,18,20,22-25,32H,4,6,14-17H2,1-3H3/b8-5-/t20-,22+,23-,24+,25?,29+/m1/s1. The van der Waals surface area contributed by atoms with Crippen LogP contribution in [0.25, 0.3) is 0 Å². The van der Waals surface area contributed by atoms with Gasteiger partial charge in [0.25, 0.3) is 5.91 Å². The second kappa shape index (κ2) is 10.5. The molecule has 0 saturated carbocycles. The van der Waals surface area contributed by atoms with E-state index >= 15 is 0 Å². The van der Waals surface area contributed by atoms with Gasteiger partial charge in [-0.05, 0) is 49.4 Å². The van der Waals surface area contributed by atoms with E-state index in [1.54, 1.807) is 42.4 Å². The number of carbonyl (C=O) groups excluding carboxylic acids is 3. The lowest BCUT2D eigenvalue weighted by Gasteiger charge is -2.39. The van der Waals surface area contributed by atoms with Gasteiger partial charge in [-0.15, -0.1) is 0 Å². The molecule has 2 fully saturated rings. The topological polar surface area (TPSA) is 106 Å². The van der Waals surface area contributed by atoms with Crippen LogP contribution in [0.5, 0.6) is 5.75 Å². The van der Waals surface area contributed by atoms with Crippen molar-refractivity contribution in [3.05, 3.63) is 48.6 Å². The fraction of sp³-hybridized carbons (Fsp3) is 0.552. The number of nitrogens with zero attached hydrogens (tertiary/aromatic N) is 2. The molecular weight excluding hydrogens is 488 g/mol. The van der Waals surface area contributed by atoms with E-state index in [0.717, 1.165) is 6.42 Å². The Balaban J connectivity index is 1.63. The summed E-state index contributed by atoms with van der Waals surface area (Å²) in [6.07, 6.45) is 8.64. The van der Waals surface area contributed by atoms with E-state index in [1.165, 1.54) is 4.90 Å². The van der Waals surface area contributed by atoms with E-state index in [2.05, 4.69) is 0 Å². The number of methoxy groups -OCH3 is 1. The van der Waals surface area contributed by atoms with Crippen LogP contribution in [-0.4, -0.2) is 78.4 Å². The van der Waals surface area contributed by atoms with Crippen molar-refractivity contribution in [2.75, 3.05) is 31.8 Å². The molecule has 1 N–H and O–H groups in total. The molecule has 2 saturated heterocycles. The first-order valence-corrected chi connectivity index (χ1v) is 13.4. The monoisotopic (exact) mass is 524 g/mol. The number of fused-ring (bicyclic) bond motifs is 2. The van der Waals surface area contributed by atoms with Gasteiger partial charge in [0.2, 0.25) is 5.91 Å². The van der Waals surface area contributed by atoms with E-state index < -0.39 is 41.6 Å². The van der Waals surface area contributed by atoms with Gasteiger partial charge in [-0.25, -0.2) is 0 Å². The van der Waals surface area contributed by atoms with E-state index in [0.29, 0.717) is 24.3 Å². The summed E-state index contributed by atoms with van der Waals surface area (Å²) < 4.78 is 17.5. The number of cyclic esters (lactones) is 1. The largest absolute Gasteiger partial charge is 0.497 e. The molecule has 2 amide bonds. The first-order valence-electron chi connectivity index (χ1n) is 13.4. The number of allylic oxidation sites excluding steroid dienone is 1. The summed E-state index contributed by atoms with van der Waals surface area (Å²) in [6.45, 7) is 4.24. The molecule has 204 valence electrons. The average molecular weight is 525 g/mol. The van der Waals surface area contributed by atoms with Crippen LogP contribution in [0.1, 0.15) is 33.1 Å².